The van der Waals surface area contributed by atoms with E-state index in [1.807, 2.05) is 6.92 Å². The molecule has 0 saturated carbocycles. The zero-order valence-corrected chi connectivity index (χ0v) is 12.6. The molecule has 0 aliphatic carbocycles. The summed E-state index contributed by atoms with van der Waals surface area (Å²) in [4.78, 5) is 27.3. The summed E-state index contributed by atoms with van der Waals surface area (Å²) in [5.41, 5.74) is 0.143. The summed E-state index contributed by atoms with van der Waals surface area (Å²) in [5.74, 6) is -1.27. The quantitative estimate of drug-likeness (QED) is 0.791. The summed E-state index contributed by atoms with van der Waals surface area (Å²) in [7, 11) is 0. The number of hydrogen-bond acceptors (Lipinski definition) is 3. The molecule has 0 fully saturated rings. The molecule has 1 aromatic heterocycles. The molecule has 20 heavy (non-hydrogen) atoms. The second-order valence-corrected chi connectivity index (χ2v) is 5.31. The SMILES string of the molecule is CCc1cc(C(=O)NCC(C)(CC)C(=O)O)cc(Cl)n1. The highest BCUT2D eigenvalue weighted by molar-refractivity contribution is 6.29. The van der Waals surface area contributed by atoms with Gasteiger partial charge in [-0.3, -0.25) is 9.59 Å². The third kappa shape index (κ3) is 3.93. The Balaban J connectivity index is 2.82. The van der Waals surface area contributed by atoms with Crippen molar-refractivity contribution in [3.05, 3.63) is 28.5 Å². The summed E-state index contributed by atoms with van der Waals surface area (Å²) in [6.07, 6.45) is 1.10. The van der Waals surface area contributed by atoms with Gasteiger partial charge in [-0.05, 0) is 31.9 Å². The summed E-state index contributed by atoms with van der Waals surface area (Å²) in [5, 5.41) is 12.1. The number of aliphatic carboxylic acids is 1. The maximum atomic E-state index is 12.1. The van der Waals surface area contributed by atoms with Gasteiger partial charge in [0.15, 0.2) is 0 Å². The lowest BCUT2D eigenvalue weighted by Gasteiger charge is -2.23. The van der Waals surface area contributed by atoms with Crippen molar-refractivity contribution in [1.82, 2.24) is 10.3 Å². The van der Waals surface area contributed by atoms with Crippen LogP contribution in [-0.4, -0.2) is 28.5 Å². The van der Waals surface area contributed by atoms with E-state index in [1.54, 1.807) is 19.9 Å². The molecule has 1 aromatic rings. The minimum absolute atomic E-state index is 0.0685. The summed E-state index contributed by atoms with van der Waals surface area (Å²) in [6, 6.07) is 3.13. The molecule has 1 heterocycles. The summed E-state index contributed by atoms with van der Waals surface area (Å²) < 4.78 is 0. The topological polar surface area (TPSA) is 79.3 Å². The molecule has 0 aliphatic rings. The first-order chi connectivity index (χ1) is 9.32. The van der Waals surface area contributed by atoms with Crippen LogP contribution >= 0.6 is 11.6 Å². The zero-order valence-electron chi connectivity index (χ0n) is 11.9. The standard InChI is InChI=1S/C14H19ClN2O3/c1-4-10-6-9(7-11(15)17-10)12(18)16-8-14(3,5-2)13(19)20/h6-7H,4-5,8H2,1-3H3,(H,16,18)(H,19,20). The first kappa shape index (κ1) is 16.4. The molecular formula is C14H19ClN2O3. The van der Waals surface area contributed by atoms with Gasteiger partial charge in [0.1, 0.15) is 5.15 Å². The fourth-order valence-corrected chi connectivity index (χ4v) is 1.82. The van der Waals surface area contributed by atoms with Crippen molar-refractivity contribution < 1.29 is 14.7 Å². The van der Waals surface area contributed by atoms with Crippen LogP contribution in [0.4, 0.5) is 0 Å². The number of halogens is 1. The van der Waals surface area contributed by atoms with Gasteiger partial charge in [0.25, 0.3) is 5.91 Å². The average molecular weight is 299 g/mol. The highest BCUT2D eigenvalue weighted by atomic mass is 35.5. The van der Waals surface area contributed by atoms with E-state index in [2.05, 4.69) is 10.3 Å². The van der Waals surface area contributed by atoms with E-state index in [-0.39, 0.29) is 17.6 Å². The van der Waals surface area contributed by atoms with Gasteiger partial charge >= 0.3 is 5.97 Å². The van der Waals surface area contributed by atoms with Gasteiger partial charge < -0.3 is 10.4 Å². The van der Waals surface area contributed by atoms with Gasteiger partial charge in [-0.15, -0.1) is 0 Å². The lowest BCUT2D eigenvalue weighted by molar-refractivity contribution is -0.147. The number of aryl methyl sites for hydroxylation is 1. The minimum atomic E-state index is -0.972. The predicted molar refractivity (Wildman–Crippen MR) is 77.0 cm³/mol. The van der Waals surface area contributed by atoms with E-state index in [1.165, 1.54) is 6.07 Å². The Hall–Kier alpha value is -1.62. The number of carboxylic acids is 1. The summed E-state index contributed by atoms with van der Waals surface area (Å²) in [6.45, 7) is 5.36. The Labute approximate surface area is 123 Å². The van der Waals surface area contributed by atoms with E-state index in [4.69, 9.17) is 16.7 Å². The van der Waals surface area contributed by atoms with Crippen LogP contribution in [0.5, 0.6) is 0 Å². The van der Waals surface area contributed by atoms with E-state index in [9.17, 15) is 9.59 Å². The van der Waals surface area contributed by atoms with Crippen molar-refractivity contribution in [2.75, 3.05) is 6.54 Å². The number of carbonyl (C=O) groups excluding carboxylic acids is 1. The lowest BCUT2D eigenvalue weighted by Crippen LogP contribution is -2.40. The van der Waals surface area contributed by atoms with Gasteiger partial charge in [-0.2, -0.15) is 0 Å². The van der Waals surface area contributed by atoms with E-state index in [0.717, 1.165) is 5.69 Å². The van der Waals surface area contributed by atoms with E-state index >= 15 is 0 Å². The molecule has 5 nitrogen and oxygen atoms in total. The molecule has 0 saturated heterocycles. The van der Waals surface area contributed by atoms with Crippen molar-refractivity contribution in [1.29, 1.82) is 0 Å². The molecule has 0 aliphatic heterocycles. The molecule has 1 amide bonds. The molecule has 0 spiro atoms. The maximum Gasteiger partial charge on any atom is 0.311 e. The third-order valence-corrected chi connectivity index (χ3v) is 3.60. The third-order valence-electron chi connectivity index (χ3n) is 3.41. The molecule has 0 radical (unpaired) electrons. The molecular weight excluding hydrogens is 280 g/mol. The number of aromatic nitrogens is 1. The van der Waals surface area contributed by atoms with Crippen molar-refractivity contribution >= 4 is 23.5 Å². The Bertz CT molecular complexity index is 519. The molecule has 0 bridgehead atoms. The fourth-order valence-electron chi connectivity index (χ4n) is 1.59. The fraction of sp³-hybridized carbons (Fsp3) is 0.500. The Kier molecular flexibility index (Phi) is 5.51. The zero-order chi connectivity index (χ0) is 15.3. The van der Waals surface area contributed by atoms with Gasteiger partial charge in [0.05, 0.1) is 5.41 Å². The monoisotopic (exact) mass is 298 g/mol. The Morgan fingerprint density at radius 3 is 2.55 bits per heavy atom. The minimum Gasteiger partial charge on any atom is -0.481 e. The number of nitrogens with zero attached hydrogens (tertiary/aromatic N) is 1. The van der Waals surface area contributed by atoms with Gasteiger partial charge in [0.2, 0.25) is 0 Å². The van der Waals surface area contributed by atoms with Crippen molar-refractivity contribution in [2.45, 2.75) is 33.6 Å². The Morgan fingerprint density at radius 1 is 1.40 bits per heavy atom. The molecule has 2 N–H and O–H groups in total. The average Bonchev–Trinajstić information content (AvgIpc) is 2.43. The van der Waals surface area contributed by atoms with Crippen LogP contribution in [0.1, 0.15) is 43.2 Å². The molecule has 110 valence electrons. The number of carbonyl (C=O) groups is 2. The summed E-state index contributed by atoms with van der Waals surface area (Å²) >= 11 is 5.86. The van der Waals surface area contributed by atoms with Crippen LogP contribution in [0.25, 0.3) is 0 Å². The second kappa shape index (κ2) is 6.70. The van der Waals surface area contributed by atoms with Crippen molar-refractivity contribution in [3.8, 4) is 0 Å². The number of pyridine rings is 1. The van der Waals surface area contributed by atoms with Crippen LogP contribution in [0.15, 0.2) is 12.1 Å². The highest BCUT2D eigenvalue weighted by Crippen LogP contribution is 2.20. The second-order valence-electron chi connectivity index (χ2n) is 4.93. The van der Waals surface area contributed by atoms with Gasteiger partial charge in [-0.25, -0.2) is 4.98 Å². The number of rotatable bonds is 6. The first-order valence-corrected chi connectivity index (χ1v) is 6.88. The normalized spacial score (nSPS) is 13.6. The predicted octanol–water partition coefficient (Wildman–Crippen LogP) is 2.53. The maximum absolute atomic E-state index is 12.1. The lowest BCUT2D eigenvalue weighted by atomic mass is 9.87. The molecule has 1 atom stereocenters. The van der Waals surface area contributed by atoms with E-state index < -0.39 is 11.4 Å². The van der Waals surface area contributed by atoms with Crippen LogP contribution in [-0.2, 0) is 11.2 Å². The number of amides is 1. The van der Waals surface area contributed by atoms with Crippen LogP contribution < -0.4 is 5.32 Å². The number of nitrogens with one attached hydrogen (secondary N) is 1. The number of hydrogen-bond donors (Lipinski definition) is 2. The molecule has 1 unspecified atom stereocenters. The van der Waals surface area contributed by atoms with Crippen molar-refractivity contribution in [3.63, 3.8) is 0 Å². The smallest absolute Gasteiger partial charge is 0.311 e. The molecule has 6 heteroatoms. The van der Waals surface area contributed by atoms with Crippen molar-refractivity contribution in [2.24, 2.45) is 5.41 Å². The van der Waals surface area contributed by atoms with Crippen LogP contribution in [0, 0.1) is 5.41 Å². The van der Waals surface area contributed by atoms with Crippen LogP contribution in [0.3, 0.4) is 0 Å². The van der Waals surface area contributed by atoms with Gasteiger partial charge in [0, 0.05) is 17.8 Å². The molecule has 0 aromatic carbocycles. The van der Waals surface area contributed by atoms with E-state index in [0.29, 0.717) is 18.4 Å². The largest absolute Gasteiger partial charge is 0.481 e. The number of carboxylic acid groups (broad SMARTS) is 1. The molecule has 1 rings (SSSR count). The Morgan fingerprint density at radius 2 is 2.05 bits per heavy atom. The van der Waals surface area contributed by atoms with Crippen LogP contribution in [0.2, 0.25) is 5.15 Å². The van der Waals surface area contributed by atoms with Gasteiger partial charge in [-0.1, -0.05) is 25.4 Å². The first-order valence-electron chi connectivity index (χ1n) is 6.50. The highest BCUT2D eigenvalue weighted by Gasteiger charge is 2.31.